The Bertz CT molecular complexity index is 516. The standard InChI is InChI=1S/C15H20BrNO4/c1-9(2)6-7-17-14(18)10(3)21-13-5-4-11(15(19)20)8-12(13)16/h4-5,8-10H,6-7H2,1-3H3,(H,17,18)(H,19,20). The summed E-state index contributed by atoms with van der Waals surface area (Å²) < 4.78 is 6.05. The second kappa shape index (κ2) is 8.02. The monoisotopic (exact) mass is 357 g/mol. The second-order valence-corrected chi connectivity index (χ2v) is 6.04. The minimum absolute atomic E-state index is 0.156. The molecule has 0 radical (unpaired) electrons. The Labute approximate surface area is 132 Å². The molecule has 0 aliphatic carbocycles. The van der Waals surface area contributed by atoms with Crippen LogP contribution in [0.5, 0.6) is 5.75 Å². The van der Waals surface area contributed by atoms with Gasteiger partial charge in [-0.05, 0) is 53.4 Å². The maximum atomic E-state index is 11.9. The first-order valence-electron chi connectivity index (χ1n) is 6.78. The van der Waals surface area contributed by atoms with Crippen molar-refractivity contribution in [1.29, 1.82) is 0 Å². The number of ether oxygens (including phenoxy) is 1. The van der Waals surface area contributed by atoms with Crippen LogP contribution >= 0.6 is 15.9 Å². The molecule has 1 atom stereocenters. The van der Waals surface area contributed by atoms with E-state index < -0.39 is 12.1 Å². The van der Waals surface area contributed by atoms with Crippen LogP contribution in [-0.2, 0) is 4.79 Å². The van der Waals surface area contributed by atoms with Gasteiger partial charge in [-0.1, -0.05) is 13.8 Å². The molecule has 116 valence electrons. The molecule has 0 spiro atoms. The van der Waals surface area contributed by atoms with Crippen molar-refractivity contribution in [3.8, 4) is 5.75 Å². The normalized spacial score (nSPS) is 12.0. The number of carboxylic acid groups (broad SMARTS) is 1. The quantitative estimate of drug-likeness (QED) is 0.786. The number of nitrogens with one attached hydrogen (secondary N) is 1. The summed E-state index contributed by atoms with van der Waals surface area (Å²) in [4.78, 5) is 22.7. The van der Waals surface area contributed by atoms with Gasteiger partial charge in [-0.3, -0.25) is 4.79 Å². The molecule has 0 aliphatic heterocycles. The molecule has 0 aromatic heterocycles. The number of hydrogen-bond donors (Lipinski definition) is 2. The van der Waals surface area contributed by atoms with Gasteiger partial charge < -0.3 is 15.2 Å². The average Bonchev–Trinajstić information content (AvgIpc) is 2.40. The number of benzene rings is 1. The highest BCUT2D eigenvalue weighted by Crippen LogP contribution is 2.27. The third-order valence-corrected chi connectivity index (χ3v) is 3.49. The van der Waals surface area contributed by atoms with Crippen LogP contribution in [0.25, 0.3) is 0 Å². The molecule has 1 aromatic carbocycles. The van der Waals surface area contributed by atoms with E-state index >= 15 is 0 Å². The van der Waals surface area contributed by atoms with Gasteiger partial charge in [-0.15, -0.1) is 0 Å². The van der Waals surface area contributed by atoms with Crippen molar-refractivity contribution in [3.63, 3.8) is 0 Å². The van der Waals surface area contributed by atoms with E-state index in [1.807, 2.05) is 0 Å². The number of carboxylic acids is 1. The van der Waals surface area contributed by atoms with Crippen molar-refractivity contribution in [2.24, 2.45) is 5.92 Å². The van der Waals surface area contributed by atoms with Gasteiger partial charge in [0.2, 0.25) is 0 Å². The molecule has 1 aromatic rings. The SMILES string of the molecule is CC(C)CCNC(=O)C(C)Oc1ccc(C(=O)O)cc1Br. The Balaban J connectivity index is 2.60. The molecule has 0 aliphatic rings. The second-order valence-electron chi connectivity index (χ2n) is 5.18. The molecule has 0 heterocycles. The molecule has 0 saturated heterocycles. The molecule has 21 heavy (non-hydrogen) atoms. The molecule has 5 nitrogen and oxygen atoms in total. The number of rotatable bonds is 7. The zero-order valence-electron chi connectivity index (χ0n) is 12.4. The Hall–Kier alpha value is -1.56. The maximum Gasteiger partial charge on any atom is 0.335 e. The molecular formula is C15H20BrNO4. The maximum absolute atomic E-state index is 11.9. The van der Waals surface area contributed by atoms with Crippen molar-refractivity contribution >= 4 is 27.8 Å². The van der Waals surface area contributed by atoms with Crippen LogP contribution < -0.4 is 10.1 Å². The largest absolute Gasteiger partial charge is 0.480 e. The number of aromatic carboxylic acids is 1. The summed E-state index contributed by atoms with van der Waals surface area (Å²) in [6, 6.07) is 4.41. The predicted molar refractivity (Wildman–Crippen MR) is 83.7 cm³/mol. The fourth-order valence-corrected chi connectivity index (χ4v) is 2.07. The molecule has 0 fully saturated rings. The first-order valence-corrected chi connectivity index (χ1v) is 7.57. The van der Waals surface area contributed by atoms with Gasteiger partial charge in [-0.25, -0.2) is 4.79 Å². The Morgan fingerprint density at radius 2 is 2.00 bits per heavy atom. The van der Waals surface area contributed by atoms with E-state index in [0.717, 1.165) is 6.42 Å². The van der Waals surface area contributed by atoms with E-state index in [9.17, 15) is 9.59 Å². The predicted octanol–water partition coefficient (Wildman–Crippen LogP) is 3.08. The van der Waals surface area contributed by atoms with E-state index in [2.05, 4.69) is 35.1 Å². The summed E-state index contributed by atoms with van der Waals surface area (Å²) in [5.41, 5.74) is 0.156. The van der Waals surface area contributed by atoms with Crippen LogP contribution in [0.1, 0.15) is 37.6 Å². The molecule has 2 N–H and O–H groups in total. The van der Waals surface area contributed by atoms with Gasteiger partial charge in [0.1, 0.15) is 5.75 Å². The number of hydrogen-bond acceptors (Lipinski definition) is 3. The van der Waals surface area contributed by atoms with E-state index in [4.69, 9.17) is 9.84 Å². The van der Waals surface area contributed by atoms with Crippen molar-refractivity contribution in [2.75, 3.05) is 6.54 Å². The first-order chi connectivity index (χ1) is 9.81. The van der Waals surface area contributed by atoms with Crippen LogP contribution in [0.15, 0.2) is 22.7 Å². The highest BCUT2D eigenvalue weighted by atomic mass is 79.9. The molecule has 1 amide bonds. The van der Waals surface area contributed by atoms with Crippen molar-refractivity contribution in [3.05, 3.63) is 28.2 Å². The molecule has 0 bridgehead atoms. The topological polar surface area (TPSA) is 75.6 Å². The van der Waals surface area contributed by atoms with Crippen LogP contribution in [-0.4, -0.2) is 29.6 Å². The Kier molecular flexibility index (Phi) is 6.68. The van der Waals surface area contributed by atoms with E-state index in [1.54, 1.807) is 6.92 Å². The third kappa shape index (κ3) is 5.75. The average molecular weight is 358 g/mol. The number of amides is 1. The van der Waals surface area contributed by atoms with Gasteiger partial charge in [0.05, 0.1) is 10.0 Å². The number of carbonyl (C=O) groups is 2. The Morgan fingerprint density at radius 3 is 2.52 bits per heavy atom. The lowest BCUT2D eigenvalue weighted by atomic mass is 10.1. The third-order valence-electron chi connectivity index (χ3n) is 2.87. The smallest absolute Gasteiger partial charge is 0.335 e. The summed E-state index contributed by atoms with van der Waals surface area (Å²) in [6.07, 6.45) is 0.263. The van der Waals surface area contributed by atoms with Gasteiger partial charge in [-0.2, -0.15) is 0 Å². The number of carbonyl (C=O) groups excluding carboxylic acids is 1. The lowest BCUT2D eigenvalue weighted by Crippen LogP contribution is -2.37. The molecule has 6 heteroatoms. The van der Waals surface area contributed by atoms with Crippen molar-refractivity contribution < 1.29 is 19.4 Å². The fourth-order valence-electron chi connectivity index (χ4n) is 1.60. The summed E-state index contributed by atoms with van der Waals surface area (Å²) in [5, 5.41) is 11.7. The summed E-state index contributed by atoms with van der Waals surface area (Å²) >= 11 is 3.24. The zero-order chi connectivity index (χ0) is 16.0. The molecule has 1 rings (SSSR count). The van der Waals surface area contributed by atoms with Crippen LogP contribution in [0, 0.1) is 5.92 Å². The van der Waals surface area contributed by atoms with Crippen LogP contribution in [0.2, 0.25) is 0 Å². The zero-order valence-corrected chi connectivity index (χ0v) is 13.9. The molecular weight excluding hydrogens is 338 g/mol. The van der Waals surface area contributed by atoms with Crippen LogP contribution in [0.3, 0.4) is 0 Å². The summed E-state index contributed by atoms with van der Waals surface area (Å²) in [5.74, 6) is -0.239. The first kappa shape index (κ1) is 17.5. The van der Waals surface area contributed by atoms with Gasteiger partial charge >= 0.3 is 5.97 Å². The summed E-state index contributed by atoms with van der Waals surface area (Å²) in [7, 11) is 0. The minimum Gasteiger partial charge on any atom is -0.480 e. The fraction of sp³-hybridized carbons (Fsp3) is 0.467. The van der Waals surface area contributed by atoms with Gasteiger partial charge in [0.25, 0.3) is 5.91 Å². The van der Waals surface area contributed by atoms with Crippen molar-refractivity contribution in [2.45, 2.75) is 33.3 Å². The van der Waals surface area contributed by atoms with Gasteiger partial charge in [0.15, 0.2) is 6.10 Å². The lowest BCUT2D eigenvalue weighted by Gasteiger charge is -2.16. The van der Waals surface area contributed by atoms with Crippen molar-refractivity contribution in [1.82, 2.24) is 5.32 Å². The van der Waals surface area contributed by atoms with E-state index in [0.29, 0.717) is 22.7 Å². The minimum atomic E-state index is -1.01. The Morgan fingerprint density at radius 1 is 1.33 bits per heavy atom. The van der Waals surface area contributed by atoms with E-state index in [-0.39, 0.29) is 11.5 Å². The lowest BCUT2D eigenvalue weighted by molar-refractivity contribution is -0.127. The molecule has 0 saturated carbocycles. The number of halogens is 1. The molecule has 1 unspecified atom stereocenters. The highest BCUT2D eigenvalue weighted by Gasteiger charge is 2.16. The highest BCUT2D eigenvalue weighted by molar-refractivity contribution is 9.10. The van der Waals surface area contributed by atoms with Crippen LogP contribution in [0.4, 0.5) is 0 Å². The van der Waals surface area contributed by atoms with E-state index in [1.165, 1.54) is 18.2 Å². The summed E-state index contributed by atoms with van der Waals surface area (Å²) in [6.45, 7) is 6.45. The van der Waals surface area contributed by atoms with Gasteiger partial charge in [0, 0.05) is 6.54 Å².